The fourth-order valence-electron chi connectivity index (χ4n) is 3.40. The molecule has 1 saturated carbocycles. The Morgan fingerprint density at radius 2 is 1.95 bits per heavy atom. The molecule has 124 valence electrons. The van der Waals surface area contributed by atoms with E-state index >= 15 is 0 Å². The lowest BCUT2D eigenvalue weighted by molar-refractivity contribution is -0.147. The fraction of sp³-hybridized carbons (Fsp3) is 0.933. The predicted molar refractivity (Wildman–Crippen MR) is 84.7 cm³/mol. The Bertz CT molecular complexity index is 316. The average molecular weight is 321 g/mol. The minimum atomic E-state index is -0.711. The molecule has 0 aromatic rings. The zero-order chi connectivity index (χ0) is 14.4. The summed E-state index contributed by atoms with van der Waals surface area (Å²) in [4.78, 5) is 12.4. The second-order valence-electron chi connectivity index (χ2n) is 6.12. The van der Waals surface area contributed by atoms with Gasteiger partial charge in [-0.15, -0.1) is 12.4 Å². The van der Waals surface area contributed by atoms with Crippen molar-refractivity contribution in [3.8, 4) is 0 Å². The largest absolute Gasteiger partial charge is 0.391 e. The van der Waals surface area contributed by atoms with E-state index in [1.54, 1.807) is 7.11 Å². The summed E-state index contributed by atoms with van der Waals surface area (Å²) in [5, 5.41) is 16.3. The number of aliphatic hydroxyl groups excluding tert-OH is 1. The van der Waals surface area contributed by atoms with Crippen LogP contribution in [0.15, 0.2) is 0 Å². The van der Waals surface area contributed by atoms with E-state index in [9.17, 15) is 9.90 Å². The highest BCUT2D eigenvalue weighted by molar-refractivity contribution is 5.85. The number of aliphatic hydroxyl groups is 1. The second-order valence-corrected chi connectivity index (χ2v) is 6.12. The van der Waals surface area contributed by atoms with Crippen LogP contribution >= 0.6 is 12.4 Å². The van der Waals surface area contributed by atoms with E-state index in [1.807, 2.05) is 0 Å². The van der Waals surface area contributed by atoms with Gasteiger partial charge in [-0.05, 0) is 44.7 Å². The number of piperidine rings is 1. The number of rotatable bonds is 5. The maximum absolute atomic E-state index is 12.4. The van der Waals surface area contributed by atoms with Crippen LogP contribution in [0.25, 0.3) is 0 Å². The lowest BCUT2D eigenvalue weighted by Gasteiger charge is -2.35. The van der Waals surface area contributed by atoms with E-state index in [0.29, 0.717) is 25.3 Å². The molecule has 21 heavy (non-hydrogen) atoms. The van der Waals surface area contributed by atoms with Gasteiger partial charge in [-0.1, -0.05) is 19.3 Å². The highest BCUT2D eigenvalue weighted by atomic mass is 35.5. The molecule has 2 fully saturated rings. The summed E-state index contributed by atoms with van der Waals surface area (Å²) in [5.74, 6) is 0.270. The lowest BCUT2D eigenvalue weighted by atomic mass is 9.85. The Hall–Kier alpha value is -0.360. The molecule has 0 spiro atoms. The summed E-state index contributed by atoms with van der Waals surface area (Å²) in [6.45, 7) is 1.95. The van der Waals surface area contributed by atoms with Crippen LogP contribution in [-0.4, -0.2) is 49.5 Å². The Balaban J connectivity index is 0.00000220. The van der Waals surface area contributed by atoms with E-state index in [1.165, 1.54) is 19.3 Å². The van der Waals surface area contributed by atoms with Crippen molar-refractivity contribution >= 4 is 18.3 Å². The molecule has 2 aliphatic rings. The monoisotopic (exact) mass is 320 g/mol. The normalized spacial score (nSPS) is 23.9. The zero-order valence-electron chi connectivity index (χ0n) is 12.9. The molecule has 1 saturated heterocycles. The molecule has 0 radical (unpaired) electrons. The van der Waals surface area contributed by atoms with Crippen molar-refractivity contribution in [1.82, 2.24) is 10.6 Å². The Morgan fingerprint density at radius 1 is 1.33 bits per heavy atom. The van der Waals surface area contributed by atoms with Crippen molar-refractivity contribution in [2.75, 3.05) is 26.7 Å². The standard InChI is InChI=1S/C15H28N2O3.ClH/c1-20-15(7-9-16-10-8-15)14(19)17-11-13(18)12-5-3-2-4-6-12;/h12-13,16,18H,2-11H2,1H3,(H,17,19);1H. The first kappa shape index (κ1) is 18.7. The summed E-state index contributed by atoms with van der Waals surface area (Å²) in [6, 6.07) is 0. The van der Waals surface area contributed by atoms with Crippen molar-refractivity contribution in [2.24, 2.45) is 5.92 Å². The van der Waals surface area contributed by atoms with Crippen LogP contribution < -0.4 is 10.6 Å². The smallest absolute Gasteiger partial charge is 0.252 e. The van der Waals surface area contributed by atoms with Crippen LogP contribution in [0.3, 0.4) is 0 Å². The van der Waals surface area contributed by atoms with Crippen molar-refractivity contribution in [3.05, 3.63) is 0 Å². The van der Waals surface area contributed by atoms with Crippen LogP contribution in [0.4, 0.5) is 0 Å². The fourth-order valence-corrected chi connectivity index (χ4v) is 3.40. The molecular formula is C15H29ClN2O3. The summed E-state index contributed by atoms with van der Waals surface area (Å²) < 4.78 is 5.48. The molecule has 0 bridgehead atoms. The van der Waals surface area contributed by atoms with Crippen molar-refractivity contribution in [1.29, 1.82) is 0 Å². The second kappa shape index (κ2) is 8.93. The van der Waals surface area contributed by atoms with Gasteiger partial charge in [-0.25, -0.2) is 0 Å². The molecule has 1 atom stereocenters. The van der Waals surface area contributed by atoms with Crippen LogP contribution in [0, 0.1) is 5.92 Å². The van der Waals surface area contributed by atoms with Crippen LogP contribution in [0.2, 0.25) is 0 Å². The topological polar surface area (TPSA) is 70.6 Å². The number of ether oxygens (including phenoxy) is 1. The molecule has 2 rings (SSSR count). The number of amides is 1. The van der Waals surface area contributed by atoms with E-state index < -0.39 is 11.7 Å². The zero-order valence-corrected chi connectivity index (χ0v) is 13.7. The minimum Gasteiger partial charge on any atom is -0.391 e. The number of hydrogen-bond donors (Lipinski definition) is 3. The molecule has 3 N–H and O–H groups in total. The Morgan fingerprint density at radius 3 is 2.52 bits per heavy atom. The van der Waals surface area contributed by atoms with Crippen molar-refractivity contribution in [2.45, 2.75) is 56.7 Å². The minimum absolute atomic E-state index is 0. The van der Waals surface area contributed by atoms with Gasteiger partial charge in [0.1, 0.15) is 5.60 Å². The third kappa shape index (κ3) is 4.81. The molecule has 1 aliphatic carbocycles. The SMILES string of the molecule is COC1(C(=O)NCC(O)C2CCCCC2)CCNCC1.Cl. The van der Waals surface area contributed by atoms with Crippen molar-refractivity contribution in [3.63, 3.8) is 0 Å². The first-order chi connectivity index (χ1) is 9.68. The van der Waals surface area contributed by atoms with E-state index in [0.717, 1.165) is 25.9 Å². The molecule has 1 aliphatic heterocycles. The van der Waals surface area contributed by atoms with Crippen molar-refractivity contribution < 1.29 is 14.6 Å². The molecule has 6 heteroatoms. The number of methoxy groups -OCH3 is 1. The summed E-state index contributed by atoms with van der Waals surface area (Å²) in [6.07, 6.45) is 6.79. The molecule has 1 unspecified atom stereocenters. The number of hydrogen-bond acceptors (Lipinski definition) is 4. The average Bonchev–Trinajstić information content (AvgIpc) is 2.53. The lowest BCUT2D eigenvalue weighted by Crippen LogP contribution is -2.55. The maximum atomic E-state index is 12.4. The predicted octanol–water partition coefficient (Wildman–Crippen LogP) is 1.23. The van der Waals surface area contributed by atoms with Gasteiger partial charge in [0, 0.05) is 13.7 Å². The molecular weight excluding hydrogens is 292 g/mol. The van der Waals surface area contributed by atoms with E-state index in [-0.39, 0.29) is 18.3 Å². The van der Waals surface area contributed by atoms with Gasteiger partial charge in [0.25, 0.3) is 5.91 Å². The van der Waals surface area contributed by atoms with Crippen LogP contribution in [0.5, 0.6) is 0 Å². The third-order valence-electron chi connectivity index (χ3n) is 4.88. The van der Waals surface area contributed by atoms with Gasteiger partial charge in [0.2, 0.25) is 0 Å². The molecule has 5 nitrogen and oxygen atoms in total. The van der Waals surface area contributed by atoms with Gasteiger partial charge in [0.05, 0.1) is 6.10 Å². The molecule has 1 heterocycles. The maximum Gasteiger partial charge on any atom is 0.252 e. The number of carbonyl (C=O) groups excluding carboxylic acids is 1. The molecule has 0 aromatic heterocycles. The van der Waals surface area contributed by atoms with E-state index in [2.05, 4.69) is 10.6 Å². The molecule has 1 amide bonds. The van der Waals surface area contributed by atoms with E-state index in [4.69, 9.17) is 4.74 Å². The number of halogens is 1. The highest BCUT2D eigenvalue weighted by Crippen LogP contribution is 2.27. The van der Waals surface area contributed by atoms with Gasteiger partial charge in [-0.3, -0.25) is 4.79 Å². The summed E-state index contributed by atoms with van der Waals surface area (Å²) in [5.41, 5.74) is -0.711. The van der Waals surface area contributed by atoms with Gasteiger partial charge < -0.3 is 20.5 Å². The van der Waals surface area contributed by atoms with Crippen LogP contribution in [0.1, 0.15) is 44.9 Å². The molecule has 0 aromatic carbocycles. The highest BCUT2D eigenvalue weighted by Gasteiger charge is 2.39. The number of nitrogens with one attached hydrogen (secondary N) is 2. The van der Waals surface area contributed by atoms with Gasteiger partial charge >= 0.3 is 0 Å². The number of carbonyl (C=O) groups is 1. The first-order valence-corrected chi connectivity index (χ1v) is 7.90. The summed E-state index contributed by atoms with van der Waals surface area (Å²) >= 11 is 0. The Kier molecular flexibility index (Phi) is 7.95. The quantitative estimate of drug-likeness (QED) is 0.712. The Labute approximate surface area is 133 Å². The summed E-state index contributed by atoms with van der Waals surface area (Å²) in [7, 11) is 1.60. The third-order valence-corrected chi connectivity index (χ3v) is 4.88. The first-order valence-electron chi connectivity index (χ1n) is 7.90. The van der Waals surface area contributed by atoms with Gasteiger partial charge in [0.15, 0.2) is 0 Å². The van der Waals surface area contributed by atoms with Gasteiger partial charge in [-0.2, -0.15) is 0 Å². The van der Waals surface area contributed by atoms with Crippen LogP contribution in [-0.2, 0) is 9.53 Å².